The van der Waals surface area contributed by atoms with E-state index in [1.54, 1.807) is 12.1 Å². The average molecular weight is 363 g/mol. The molecule has 0 radical (unpaired) electrons. The first-order valence-electron chi connectivity index (χ1n) is 8.25. The van der Waals surface area contributed by atoms with Gasteiger partial charge in [-0.1, -0.05) is 59.4 Å². The minimum absolute atomic E-state index is 0.143. The van der Waals surface area contributed by atoms with Crippen LogP contribution in [-0.4, -0.2) is 25.0 Å². The summed E-state index contributed by atoms with van der Waals surface area (Å²) < 4.78 is 1.36. The van der Waals surface area contributed by atoms with Crippen LogP contribution in [0.4, 0.5) is 0 Å². The van der Waals surface area contributed by atoms with E-state index in [1.807, 2.05) is 37.3 Å². The molecule has 0 aliphatic rings. The molecule has 6 nitrogen and oxygen atoms in total. The lowest BCUT2D eigenvalue weighted by Gasteiger charge is -2.03. The van der Waals surface area contributed by atoms with Crippen molar-refractivity contribution in [2.75, 3.05) is 0 Å². The number of rotatable bonds is 5. The van der Waals surface area contributed by atoms with E-state index >= 15 is 0 Å². The van der Waals surface area contributed by atoms with Crippen LogP contribution < -0.4 is 5.56 Å². The summed E-state index contributed by atoms with van der Waals surface area (Å²) in [6.45, 7) is 2.01. The smallest absolute Gasteiger partial charge is 0.278 e. The van der Waals surface area contributed by atoms with E-state index in [4.69, 9.17) is 0 Å². The zero-order chi connectivity index (χ0) is 17.9. The predicted octanol–water partition coefficient (Wildman–Crippen LogP) is 3.16. The molecular formula is C19H17N5OS. The van der Waals surface area contributed by atoms with E-state index < -0.39 is 0 Å². The number of fused-ring (bicyclic) bond motifs is 1. The topological polar surface area (TPSA) is 76.5 Å². The highest BCUT2D eigenvalue weighted by atomic mass is 32.2. The predicted molar refractivity (Wildman–Crippen MR) is 102 cm³/mol. The maximum absolute atomic E-state index is 12.5. The lowest BCUT2D eigenvalue weighted by molar-refractivity contribution is 0.644. The molecule has 0 bridgehead atoms. The molecule has 0 unspecified atom stereocenters. The van der Waals surface area contributed by atoms with Crippen LogP contribution in [-0.2, 0) is 12.3 Å². The van der Waals surface area contributed by atoms with Crippen LogP contribution in [0.2, 0.25) is 0 Å². The Morgan fingerprint density at radius 1 is 1.08 bits per heavy atom. The van der Waals surface area contributed by atoms with Gasteiger partial charge in [0, 0.05) is 12.1 Å². The Morgan fingerprint density at radius 2 is 1.85 bits per heavy atom. The van der Waals surface area contributed by atoms with Crippen molar-refractivity contribution >= 4 is 22.7 Å². The fourth-order valence-corrected chi connectivity index (χ4v) is 3.54. The molecule has 0 aliphatic carbocycles. The second kappa shape index (κ2) is 7.13. The van der Waals surface area contributed by atoms with Gasteiger partial charge in [-0.2, -0.15) is 4.68 Å². The summed E-state index contributed by atoms with van der Waals surface area (Å²) in [6, 6.07) is 17.5. The number of H-pyrrole nitrogens is 1. The van der Waals surface area contributed by atoms with Gasteiger partial charge < -0.3 is 4.98 Å². The summed E-state index contributed by atoms with van der Waals surface area (Å²) in [6.07, 6.45) is 0.777. The number of thioether (sulfide) groups is 1. The van der Waals surface area contributed by atoms with E-state index in [9.17, 15) is 4.79 Å². The van der Waals surface area contributed by atoms with Gasteiger partial charge in [0.25, 0.3) is 5.56 Å². The fraction of sp³-hybridized carbons (Fsp3) is 0.158. The first-order valence-corrected chi connectivity index (χ1v) is 9.24. The van der Waals surface area contributed by atoms with Gasteiger partial charge in [0.15, 0.2) is 5.16 Å². The summed E-state index contributed by atoms with van der Waals surface area (Å²) in [5.41, 5.74) is 3.73. The highest BCUT2D eigenvalue weighted by Crippen LogP contribution is 2.20. The van der Waals surface area contributed by atoms with Gasteiger partial charge in [-0.25, -0.2) is 4.98 Å². The molecule has 0 fully saturated rings. The van der Waals surface area contributed by atoms with E-state index in [-0.39, 0.29) is 5.56 Å². The van der Waals surface area contributed by atoms with Crippen molar-refractivity contribution in [1.29, 1.82) is 0 Å². The van der Waals surface area contributed by atoms with Crippen LogP contribution in [0.1, 0.15) is 17.0 Å². The Kier molecular flexibility index (Phi) is 4.53. The van der Waals surface area contributed by atoms with Gasteiger partial charge in [0.1, 0.15) is 5.52 Å². The Hall–Kier alpha value is -2.93. The Labute approximate surface area is 154 Å². The molecule has 0 spiro atoms. The Balaban J connectivity index is 1.51. The zero-order valence-electron chi connectivity index (χ0n) is 14.2. The zero-order valence-corrected chi connectivity index (χ0v) is 15.0. The summed E-state index contributed by atoms with van der Waals surface area (Å²) in [7, 11) is 0. The molecule has 4 rings (SSSR count). The number of hydrogen-bond acceptors (Lipinski definition) is 5. The molecule has 7 heteroatoms. The second-order valence-corrected chi connectivity index (χ2v) is 6.89. The van der Waals surface area contributed by atoms with Crippen molar-refractivity contribution < 1.29 is 0 Å². The van der Waals surface area contributed by atoms with Crippen LogP contribution in [0, 0.1) is 6.92 Å². The number of aryl methyl sites for hydroxylation is 1. The quantitative estimate of drug-likeness (QED) is 0.551. The van der Waals surface area contributed by atoms with Crippen molar-refractivity contribution in [3.63, 3.8) is 0 Å². The highest BCUT2D eigenvalue weighted by molar-refractivity contribution is 7.98. The monoisotopic (exact) mass is 363 g/mol. The van der Waals surface area contributed by atoms with Crippen LogP contribution in [0.25, 0.3) is 10.9 Å². The number of aromatic amines is 1. The van der Waals surface area contributed by atoms with Crippen molar-refractivity contribution in [2.24, 2.45) is 0 Å². The van der Waals surface area contributed by atoms with Gasteiger partial charge in [-0.05, 0) is 24.6 Å². The van der Waals surface area contributed by atoms with E-state index in [0.29, 0.717) is 16.8 Å². The SMILES string of the molecule is Cc1[nH]c(SCn2nnc3ccccc3c2=O)nc1Cc1ccccc1. The number of benzene rings is 2. The minimum Gasteiger partial charge on any atom is -0.337 e. The molecular weight excluding hydrogens is 346 g/mol. The van der Waals surface area contributed by atoms with Gasteiger partial charge in [0.2, 0.25) is 0 Å². The minimum atomic E-state index is -0.143. The fourth-order valence-electron chi connectivity index (χ4n) is 2.73. The normalized spacial score (nSPS) is 11.1. The molecule has 130 valence electrons. The summed E-state index contributed by atoms with van der Waals surface area (Å²) in [4.78, 5) is 20.4. The second-order valence-electron chi connectivity index (χ2n) is 5.96. The van der Waals surface area contributed by atoms with E-state index in [0.717, 1.165) is 23.0 Å². The first-order chi connectivity index (χ1) is 12.7. The standard InChI is InChI=1S/C19H17N5OS/c1-13-17(11-14-7-3-2-4-8-14)21-19(20-13)26-12-24-18(25)15-9-5-6-10-16(15)22-23-24/h2-10H,11-12H2,1H3,(H,20,21). The third kappa shape index (κ3) is 3.39. The third-order valence-corrected chi connectivity index (χ3v) is 4.97. The summed E-state index contributed by atoms with van der Waals surface area (Å²) in [5, 5.41) is 9.46. The Morgan fingerprint density at radius 3 is 2.69 bits per heavy atom. The van der Waals surface area contributed by atoms with E-state index in [1.165, 1.54) is 22.0 Å². The van der Waals surface area contributed by atoms with Crippen LogP contribution in [0.15, 0.2) is 64.5 Å². The molecule has 0 amide bonds. The molecule has 0 atom stereocenters. The lowest BCUT2D eigenvalue weighted by Crippen LogP contribution is -2.23. The number of aromatic nitrogens is 5. The van der Waals surface area contributed by atoms with Gasteiger partial charge in [-0.15, -0.1) is 5.10 Å². The van der Waals surface area contributed by atoms with Crippen LogP contribution in [0.5, 0.6) is 0 Å². The van der Waals surface area contributed by atoms with E-state index in [2.05, 4.69) is 32.4 Å². The highest BCUT2D eigenvalue weighted by Gasteiger charge is 2.10. The summed E-state index contributed by atoms with van der Waals surface area (Å²) in [5.74, 6) is 0.356. The number of imidazole rings is 1. The molecule has 1 N–H and O–H groups in total. The van der Waals surface area contributed by atoms with Gasteiger partial charge >= 0.3 is 0 Å². The van der Waals surface area contributed by atoms with Crippen LogP contribution in [0.3, 0.4) is 0 Å². The third-order valence-electron chi connectivity index (χ3n) is 4.13. The van der Waals surface area contributed by atoms with Crippen molar-refractivity contribution in [2.45, 2.75) is 24.4 Å². The van der Waals surface area contributed by atoms with Crippen LogP contribution >= 0.6 is 11.8 Å². The maximum atomic E-state index is 12.5. The molecule has 2 aromatic heterocycles. The van der Waals surface area contributed by atoms with Crippen molar-refractivity contribution in [1.82, 2.24) is 25.0 Å². The molecule has 0 saturated carbocycles. The van der Waals surface area contributed by atoms with Gasteiger partial charge in [-0.3, -0.25) is 4.79 Å². The molecule has 0 saturated heterocycles. The maximum Gasteiger partial charge on any atom is 0.278 e. The molecule has 0 aliphatic heterocycles. The number of nitrogens with one attached hydrogen (secondary N) is 1. The molecule has 4 aromatic rings. The van der Waals surface area contributed by atoms with Gasteiger partial charge in [0.05, 0.1) is 17.0 Å². The molecule has 2 heterocycles. The first kappa shape index (κ1) is 16.5. The Bertz CT molecular complexity index is 1100. The summed E-state index contributed by atoms with van der Waals surface area (Å²) >= 11 is 1.44. The van der Waals surface area contributed by atoms with Crippen molar-refractivity contribution in [3.05, 3.63) is 81.9 Å². The molecule has 26 heavy (non-hydrogen) atoms. The van der Waals surface area contributed by atoms with Crippen molar-refractivity contribution in [3.8, 4) is 0 Å². The largest absolute Gasteiger partial charge is 0.337 e. The average Bonchev–Trinajstić information content (AvgIpc) is 3.02. The lowest BCUT2D eigenvalue weighted by atomic mass is 10.1. The number of hydrogen-bond donors (Lipinski definition) is 1. The number of nitrogens with zero attached hydrogens (tertiary/aromatic N) is 4. The molecule has 2 aromatic carbocycles.